The molecule has 0 atom stereocenters. The molecule has 0 spiro atoms. The lowest BCUT2D eigenvalue weighted by Crippen LogP contribution is -2.02. The SMILES string of the molecule is CCNc1ccnc(COc2cccc(C)c2F)c1. The molecule has 0 bridgehead atoms. The first kappa shape index (κ1) is 13.3. The molecule has 1 aromatic carbocycles. The normalized spacial score (nSPS) is 10.3. The number of hydrogen-bond acceptors (Lipinski definition) is 3. The summed E-state index contributed by atoms with van der Waals surface area (Å²) in [7, 11) is 0. The van der Waals surface area contributed by atoms with E-state index in [1.54, 1.807) is 31.3 Å². The average molecular weight is 260 g/mol. The predicted octanol–water partition coefficient (Wildman–Crippen LogP) is 3.54. The number of halogens is 1. The zero-order valence-corrected chi connectivity index (χ0v) is 11.1. The van der Waals surface area contributed by atoms with Crippen LogP contribution in [-0.2, 0) is 6.61 Å². The van der Waals surface area contributed by atoms with E-state index < -0.39 is 0 Å². The Hall–Kier alpha value is -2.10. The topological polar surface area (TPSA) is 34.2 Å². The standard InChI is InChI=1S/C15H17FN2O/c1-3-17-12-7-8-18-13(9-12)10-19-14-6-4-5-11(2)15(14)16/h4-9H,3,10H2,1-2H3,(H,17,18). The molecule has 4 heteroatoms. The maximum absolute atomic E-state index is 13.7. The number of hydrogen-bond donors (Lipinski definition) is 1. The van der Waals surface area contributed by atoms with Crippen molar-refractivity contribution in [3.8, 4) is 5.75 Å². The molecular weight excluding hydrogens is 243 g/mol. The monoisotopic (exact) mass is 260 g/mol. The summed E-state index contributed by atoms with van der Waals surface area (Å²) in [5.74, 6) is -0.0546. The van der Waals surface area contributed by atoms with Gasteiger partial charge in [0.1, 0.15) is 6.61 Å². The van der Waals surface area contributed by atoms with Gasteiger partial charge in [-0.3, -0.25) is 4.98 Å². The predicted molar refractivity (Wildman–Crippen MR) is 73.9 cm³/mol. The number of aryl methyl sites for hydroxylation is 1. The fourth-order valence-electron chi connectivity index (χ4n) is 1.75. The molecule has 0 aliphatic carbocycles. The van der Waals surface area contributed by atoms with Gasteiger partial charge in [-0.2, -0.15) is 0 Å². The van der Waals surface area contributed by atoms with Crippen molar-refractivity contribution < 1.29 is 9.13 Å². The van der Waals surface area contributed by atoms with Crippen LogP contribution in [0.2, 0.25) is 0 Å². The highest BCUT2D eigenvalue weighted by Crippen LogP contribution is 2.20. The molecule has 0 aliphatic heterocycles. The Morgan fingerprint density at radius 3 is 2.95 bits per heavy atom. The number of ether oxygens (including phenoxy) is 1. The Morgan fingerprint density at radius 2 is 2.16 bits per heavy atom. The molecule has 0 fully saturated rings. The minimum atomic E-state index is -0.315. The number of benzene rings is 1. The van der Waals surface area contributed by atoms with Gasteiger partial charge in [0.25, 0.3) is 0 Å². The van der Waals surface area contributed by atoms with Crippen LogP contribution in [0.3, 0.4) is 0 Å². The molecule has 2 rings (SSSR count). The van der Waals surface area contributed by atoms with E-state index in [-0.39, 0.29) is 18.2 Å². The highest BCUT2D eigenvalue weighted by Gasteiger charge is 2.06. The highest BCUT2D eigenvalue weighted by molar-refractivity contribution is 5.43. The van der Waals surface area contributed by atoms with Crippen molar-refractivity contribution in [3.63, 3.8) is 0 Å². The van der Waals surface area contributed by atoms with Crippen LogP contribution in [0, 0.1) is 12.7 Å². The van der Waals surface area contributed by atoms with Crippen molar-refractivity contribution in [2.45, 2.75) is 20.5 Å². The minimum Gasteiger partial charge on any atom is -0.484 e. The van der Waals surface area contributed by atoms with Gasteiger partial charge in [-0.1, -0.05) is 12.1 Å². The number of rotatable bonds is 5. The van der Waals surface area contributed by atoms with Crippen LogP contribution in [-0.4, -0.2) is 11.5 Å². The molecule has 19 heavy (non-hydrogen) atoms. The second-order valence-corrected chi connectivity index (χ2v) is 4.24. The van der Waals surface area contributed by atoms with E-state index in [1.165, 1.54) is 0 Å². The molecule has 1 heterocycles. The molecule has 0 saturated carbocycles. The largest absolute Gasteiger partial charge is 0.484 e. The van der Waals surface area contributed by atoms with Gasteiger partial charge in [0.2, 0.25) is 0 Å². The third kappa shape index (κ3) is 3.44. The van der Waals surface area contributed by atoms with E-state index in [0.29, 0.717) is 5.56 Å². The summed E-state index contributed by atoms with van der Waals surface area (Å²) in [4.78, 5) is 4.20. The summed E-state index contributed by atoms with van der Waals surface area (Å²) in [6.45, 7) is 4.83. The van der Waals surface area contributed by atoms with Gasteiger partial charge in [-0.05, 0) is 37.6 Å². The molecular formula is C15H17FN2O. The first-order valence-corrected chi connectivity index (χ1v) is 6.27. The molecule has 1 N–H and O–H groups in total. The lowest BCUT2D eigenvalue weighted by molar-refractivity contribution is 0.285. The van der Waals surface area contributed by atoms with E-state index in [1.807, 2.05) is 19.1 Å². The van der Waals surface area contributed by atoms with Crippen LogP contribution in [0.15, 0.2) is 36.5 Å². The summed E-state index contributed by atoms with van der Waals surface area (Å²) < 4.78 is 19.2. The van der Waals surface area contributed by atoms with E-state index in [4.69, 9.17) is 4.74 Å². The quantitative estimate of drug-likeness (QED) is 0.892. The van der Waals surface area contributed by atoms with Crippen LogP contribution in [0.25, 0.3) is 0 Å². The Labute approximate surface area is 112 Å². The van der Waals surface area contributed by atoms with Crippen molar-refractivity contribution in [1.82, 2.24) is 4.98 Å². The van der Waals surface area contributed by atoms with E-state index in [2.05, 4.69) is 10.3 Å². The van der Waals surface area contributed by atoms with Gasteiger partial charge in [-0.15, -0.1) is 0 Å². The third-order valence-electron chi connectivity index (χ3n) is 2.73. The molecule has 0 radical (unpaired) electrons. The lowest BCUT2D eigenvalue weighted by atomic mass is 10.2. The van der Waals surface area contributed by atoms with E-state index in [9.17, 15) is 4.39 Å². The third-order valence-corrected chi connectivity index (χ3v) is 2.73. The van der Waals surface area contributed by atoms with Crippen LogP contribution >= 0.6 is 0 Å². The summed E-state index contributed by atoms with van der Waals surface area (Å²) in [5, 5.41) is 3.20. The lowest BCUT2D eigenvalue weighted by Gasteiger charge is -2.09. The Bertz CT molecular complexity index is 558. The Morgan fingerprint density at radius 1 is 1.32 bits per heavy atom. The van der Waals surface area contributed by atoms with Gasteiger partial charge in [0, 0.05) is 18.4 Å². The van der Waals surface area contributed by atoms with E-state index in [0.717, 1.165) is 17.9 Å². The number of pyridine rings is 1. The summed E-state index contributed by atoms with van der Waals surface area (Å²) >= 11 is 0. The summed E-state index contributed by atoms with van der Waals surface area (Å²) in [6, 6.07) is 8.90. The Kier molecular flexibility index (Phi) is 4.34. The van der Waals surface area contributed by atoms with Gasteiger partial charge in [0.05, 0.1) is 5.69 Å². The maximum Gasteiger partial charge on any atom is 0.167 e. The zero-order chi connectivity index (χ0) is 13.7. The van der Waals surface area contributed by atoms with Gasteiger partial charge < -0.3 is 10.1 Å². The van der Waals surface area contributed by atoms with Gasteiger partial charge >= 0.3 is 0 Å². The molecule has 0 aliphatic rings. The average Bonchev–Trinajstić information content (AvgIpc) is 2.41. The van der Waals surface area contributed by atoms with Crippen LogP contribution in [0.4, 0.5) is 10.1 Å². The minimum absolute atomic E-state index is 0.250. The van der Waals surface area contributed by atoms with Crippen LogP contribution in [0.1, 0.15) is 18.2 Å². The zero-order valence-electron chi connectivity index (χ0n) is 11.1. The smallest absolute Gasteiger partial charge is 0.167 e. The van der Waals surface area contributed by atoms with Gasteiger partial charge in [0.15, 0.2) is 11.6 Å². The first-order chi connectivity index (χ1) is 9.20. The van der Waals surface area contributed by atoms with Crippen molar-refractivity contribution >= 4 is 5.69 Å². The first-order valence-electron chi connectivity index (χ1n) is 6.27. The molecule has 100 valence electrons. The number of aromatic nitrogens is 1. The Balaban J connectivity index is 2.06. The summed E-state index contributed by atoms with van der Waals surface area (Å²) in [6.07, 6.45) is 1.71. The highest BCUT2D eigenvalue weighted by atomic mass is 19.1. The number of nitrogens with one attached hydrogen (secondary N) is 1. The van der Waals surface area contributed by atoms with Crippen LogP contribution < -0.4 is 10.1 Å². The molecule has 0 amide bonds. The van der Waals surface area contributed by atoms with Crippen molar-refractivity contribution in [2.75, 3.05) is 11.9 Å². The number of anilines is 1. The molecule has 3 nitrogen and oxygen atoms in total. The van der Waals surface area contributed by atoms with E-state index >= 15 is 0 Å². The van der Waals surface area contributed by atoms with Crippen molar-refractivity contribution in [3.05, 3.63) is 53.6 Å². The molecule has 1 aromatic heterocycles. The number of nitrogens with zero attached hydrogens (tertiary/aromatic N) is 1. The van der Waals surface area contributed by atoms with Crippen molar-refractivity contribution in [2.24, 2.45) is 0 Å². The molecule has 0 saturated heterocycles. The van der Waals surface area contributed by atoms with Crippen molar-refractivity contribution in [1.29, 1.82) is 0 Å². The fourth-order valence-corrected chi connectivity index (χ4v) is 1.75. The molecule has 0 unspecified atom stereocenters. The van der Waals surface area contributed by atoms with Gasteiger partial charge in [-0.25, -0.2) is 4.39 Å². The fraction of sp³-hybridized carbons (Fsp3) is 0.267. The second-order valence-electron chi connectivity index (χ2n) is 4.24. The summed E-state index contributed by atoms with van der Waals surface area (Å²) in [5.41, 5.74) is 2.33. The second kappa shape index (κ2) is 6.18. The van der Waals surface area contributed by atoms with Crippen LogP contribution in [0.5, 0.6) is 5.75 Å². The maximum atomic E-state index is 13.7. The molecule has 2 aromatic rings.